The van der Waals surface area contributed by atoms with E-state index in [1.807, 2.05) is 0 Å². The number of halogens is 1. The van der Waals surface area contributed by atoms with Crippen molar-refractivity contribution in [3.05, 3.63) is 29.3 Å². The fourth-order valence-electron chi connectivity index (χ4n) is 0.880. The molecule has 0 amide bonds. The Morgan fingerprint density at radius 1 is 1.56 bits per heavy atom. The molecule has 0 aromatic heterocycles. The molecule has 16 heavy (non-hydrogen) atoms. The number of benzene rings is 1. The van der Waals surface area contributed by atoms with Gasteiger partial charge in [0.15, 0.2) is 0 Å². The van der Waals surface area contributed by atoms with E-state index in [0.29, 0.717) is 10.7 Å². The first-order chi connectivity index (χ1) is 7.39. The van der Waals surface area contributed by atoms with E-state index >= 15 is 0 Å². The van der Waals surface area contributed by atoms with Crippen molar-refractivity contribution in [2.24, 2.45) is 0 Å². The highest BCUT2D eigenvalue weighted by molar-refractivity contribution is 7.86. The normalized spacial score (nSPS) is 13.4. The van der Waals surface area contributed by atoms with E-state index in [-0.39, 0.29) is 6.61 Å². The first-order valence-electron chi connectivity index (χ1n) is 4.49. The van der Waals surface area contributed by atoms with Gasteiger partial charge in [0.25, 0.3) is 10.1 Å². The van der Waals surface area contributed by atoms with E-state index in [1.54, 1.807) is 24.3 Å². The molecule has 0 radical (unpaired) electrons. The first kappa shape index (κ1) is 13.2. The van der Waals surface area contributed by atoms with Crippen LogP contribution in [-0.4, -0.2) is 24.8 Å². The van der Waals surface area contributed by atoms with Crippen LogP contribution in [0.5, 0.6) is 0 Å². The van der Waals surface area contributed by atoms with Crippen LogP contribution in [0.25, 0.3) is 0 Å². The highest BCUT2D eigenvalue weighted by Gasteiger charge is 2.17. The van der Waals surface area contributed by atoms with Crippen molar-refractivity contribution in [1.82, 2.24) is 0 Å². The first-order valence-corrected chi connectivity index (χ1v) is 6.37. The Kier molecular flexibility index (Phi) is 4.55. The molecule has 0 aliphatic heterocycles. The van der Waals surface area contributed by atoms with Gasteiger partial charge in [-0.25, -0.2) is 0 Å². The third-order valence-electron chi connectivity index (χ3n) is 1.84. The standard InChI is InChI=1S/C9H12ClNO4S/c1-7(16(12,13)14)6-15-11-9-4-2-3-8(10)5-9/h2-5,7,11H,6H2,1H3,(H,12,13,14). The summed E-state index contributed by atoms with van der Waals surface area (Å²) in [4.78, 5) is 4.92. The van der Waals surface area contributed by atoms with Crippen LogP contribution in [0.15, 0.2) is 24.3 Å². The Bertz CT molecular complexity index is 449. The van der Waals surface area contributed by atoms with Gasteiger partial charge in [-0.2, -0.15) is 8.42 Å². The molecule has 1 aromatic rings. The van der Waals surface area contributed by atoms with Gasteiger partial charge in [-0.3, -0.25) is 14.9 Å². The smallest absolute Gasteiger partial charge is 0.269 e. The van der Waals surface area contributed by atoms with Gasteiger partial charge in [0.05, 0.1) is 12.3 Å². The fraction of sp³-hybridized carbons (Fsp3) is 0.333. The molecule has 90 valence electrons. The number of anilines is 1. The molecule has 5 nitrogen and oxygen atoms in total. The molecular formula is C9H12ClNO4S. The molecule has 0 bridgehead atoms. The van der Waals surface area contributed by atoms with Gasteiger partial charge in [-0.15, -0.1) is 0 Å². The second-order valence-electron chi connectivity index (χ2n) is 3.25. The van der Waals surface area contributed by atoms with Gasteiger partial charge in [-0.05, 0) is 25.1 Å². The van der Waals surface area contributed by atoms with E-state index in [9.17, 15) is 8.42 Å². The second-order valence-corrected chi connectivity index (χ2v) is 5.52. The van der Waals surface area contributed by atoms with Crippen molar-refractivity contribution >= 4 is 27.4 Å². The van der Waals surface area contributed by atoms with Gasteiger partial charge in [-0.1, -0.05) is 17.7 Å². The van der Waals surface area contributed by atoms with Gasteiger partial charge in [0.2, 0.25) is 0 Å². The van der Waals surface area contributed by atoms with Crippen LogP contribution < -0.4 is 5.48 Å². The summed E-state index contributed by atoms with van der Waals surface area (Å²) in [5, 5.41) is -0.449. The third-order valence-corrected chi connectivity index (χ3v) is 3.23. The van der Waals surface area contributed by atoms with Crippen LogP contribution in [0.2, 0.25) is 5.02 Å². The topological polar surface area (TPSA) is 75.6 Å². The predicted octanol–water partition coefficient (Wildman–Crippen LogP) is 1.96. The van der Waals surface area contributed by atoms with E-state index in [4.69, 9.17) is 21.0 Å². The van der Waals surface area contributed by atoms with Crippen molar-refractivity contribution in [3.8, 4) is 0 Å². The van der Waals surface area contributed by atoms with E-state index < -0.39 is 15.4 Å². The molecule has 1 rings (SSSR count). The highest BCUT2D eigenvalue weighted by Crippen LogP contribution is 2.14. The number of hydrogen-bond acceptors (Lipinski definition) is 4. The molecule has 0 fully saturated rings. The zero-order valence-corrected chi connectivity index (χ0v) is 10.1. The molecule has 0 saturated carbocycles. The zero-order chi connectivity index (χ0) is 12.2. The van der Waals surface area contributed by atoms with Gasteiger partial charge in [0, 0.05) is 5.02 Å². The molecular weight excluding hydrogens is 254 g/mol. The maximum Gasteiger partial charge on any atom is 0.269 e. The number of nitrogens with one attached hydrogen (secondary N) is 1. The lowest BCUT2D eigenvalue weighted by Gasteiger charge is -2.10. The monoisotopic (exact) mass is 265 g/mol. The summed E-state index contributed by atoms with van der Waals surface area (Å²) in [5.41, 5.74) is 3.13. The van der Waals surface area contributed by atoms with Crippen LogP contribution in [0, 0.1) is 0 Å². The Labute approximate surface area is 99.1 Å². The molecule has 1 unspecified atom stereocenters. The summed E-state index contributed by atoms with van der Waals surface area (Å²) in [6.45, 7) is 1.18. The molecule has 0 aliphatic carbocycles. The minimum absolute atomic E-state index is 0.161. The van der Waals surface area contributed by atoms with Gasteiger partial charge >= 0.3 is 0 Å². The molecule has 0 heterocycles. The molecule has 1 atom stereocenters. The summed E-state index contributed by atoms with van der Waals surface area (Å²) >= 11 is 5.73. The van der Waals surface area contributed by atoms with Gasteiger partial charge < -0.3 is 0 Å². The van der Waals surface area contributed by atoms with Crippen LogP contribution >= 0.6 is 11.6 Å². The van der Waals surface area contributed by atoms with Crippen molar-refractivity contribution in [1.29, 1.82) is 0 Å². The lowest BCUT2D eigenvalue weighted by molar-refractivity contribution is 0.193. The lowest BCUT2D eigenvalue weighted by Crippen LogP contribution is -2.23. The predicted molar refractivity (Wildman–Crippen MR) is 62.0 cm³/mol. The van der Waals surface area contributed by atoms with Crippen LogP contribution in [0.1, 0.15) is 6.92 Å². The van der Waals surface area contributed by atoms with Crippen LogP contribution in [0.3, 0.4) is 0 Å². The molecule has 7 heteroatoms. The van der Waals surface area contributed by atoms with E-state index in [2.05, 4.69) is 5.48 Å². The summed E-state index contributed by atoms with van der Waals surface area (Å²) in [6, 6.07) is 6.76. The number of rotatable bonds is 5. The van der Waals surface area contributed by atoms with E-state index in [0.717, 1.165) is 0 Å². The Hall–Kier alpha value is -0.820. The maximum absolute atomic E-state index is 10.7. The third kappa shape index (κ3) is 4.36. The maximum atomic E-state index is 10.7. The highest BCUT2D eigenvalue weighted by atomic mass is 35.5. The average molecular weight is 266 g/mol. The zero-order valence-electron chi connectivity index (χ0n) is 8.55. The molecule has 0 spiro atoms. The van der Waals surface area contributed by atoms with Crippen LogP contribution in [-0.2, 0) is 15.0 Å². The Balaban J connectivity index is 2.42. The quantitative estimate of drug-likeness (QED) is 0.629. The largest absolute Gasteiger partial charge is 0.285 e. The van der Waals surface area contributed by atoms with Crippen molar-refractivity contribution in [2.75, 3.05) is 12.1 Å². The average Bonchev–Trinajstić information content (AvgIpc) is 2.16. The lowest BCUT2D eigenvalue weighted by atomic mass is 10.3. The molecule has 1 aromatic carbocycles. The second kappa shape index (κ2) is 5.49. The van der Waals surface area contributed by atoms with Crippen LogP contribution in [0.4, 0.5) is 5.69 Å². The SMILES string of the molecule is CC(CONc1cccc(Cl)c1)S(=O)(=O)O. The minimum atomic E-state index is -4.06. The summed E-state index contributed by atoms with van der Waals surface area (Å²) in [6.07, 6.45) is 0. The minimum Gasteiger partial charge on any atom is -0.285 e. The van der Waals surface area contributed by atoms with Gasteiger partial charge in [0.1, 0.15) is 5.25 Å². The summed E-state index contributed by atoms with van der Waals surface area (Å²) in [5.74, 6) is 0. The fourth-order valence-corrected chi connectivity index (χ4v) is 1.31. The van der Waals surface area contributed by atoms with Crippen molar-refractivity contribution < 1.29 is 17.8 Å². The van der Waals surface area contributed by atoms with Crippen molar-refractivity contribution in [2.45, 2.75) is 12.2 Å². The molecule has 2 N–H and O–H groups in total. The summed E-state index contributed by atoms with van der Waals surface area (Å²) < 4.78 is 30.0. The van der Waals surface area contributed by atoms with E-state index in [1.165, 1.54) is 6.92 Å². The number of hydrogen-bond donors (Lipinski definition) is 2. The Morgan fingerprint density at radius 3 is 2.81 bits per heavy atom. The Morgan fingerprint density at radius 2 is 2.25 bits per heavy atom. The molecule has 0 aliphatic rings. The summed E-state index contributed by atoms with van der Waals surface area (Å²) in [7, 11) is -4.06. The molecule has 0 saturated heterocycles. The van der Waals surface area contributed by atoms with Crippen molar-refractivity contribution in [3.63, 3.8) is 0 Å².